The number of hydrogen-bond acceptors (Lipinski definition) is 3. The Kier molecular flexibility index (Phi) is 5.98. The summed E-state index contributed by atoms with van der Waals surface area (Å²) in [7, 11) is 0. The third-order valence-corrected chi connectivity index (χ3v) is 5.95. The molecule has 0 amide bonds. The predicted molar refractivity (Wildman–Crippen MR) is 103 cm³/mol. The van der Waals surface area contributed by atoms with Gasteiger partial charge in [-0.1, -0.05) is 29.8 Å². The molecule has 0 bridgehead atoms. The maximum absolute atomic E-state index is 9.49. The fourth-order valence-corrected chi connectivity index (χ4v) is 4.29. The molecular weight excluding hydrogens is 310 g/mol. The van der Waals surface area contributed by atoms with Crippen molar-refractivity contribution >= 4 is 0 Å². The number of rotatable bonds is 6. The summed E-state index contributed by atoms with van der Waals surface area (Å²) in [5.41, 5.74) is 11.6. The molecule has 3 heteroatoms. The molecule has 1 aromatic carbocycles. The summed E-state index contributed by atoms with van der Waals surface area (Å²) in [5.74, 6) is 1.15. The molecular formula is C22H33NO2. The van der Waals surface area contributed by atoms with Crippen LogP contribution in [-0.2, 0) is 17.6 Å². The van der Waals surface area contributed by atoms with E-state index in [4.69, 9.17) is 10.5 Å². The summed E-state index contributed by atoms with van der Waals surface area (Å²) in [6.07, 6.45) is 8.57. The van der Waals surface area contributed by atoms with E-state index in [9.17, 15) is 5.11 Å². The van der Waals surface area contributed by atoms with Crippen LogP contribution >= 0.6 is 0 Å². The first-order valence-corrected chi connectivity index (χ1v) is 9.71. The van der Waals surface area contributed by atoms with Gasteiger partial charge in [0.05, 0.1) is 19.8 Å². The van der Waals surface area contributed by atoms with Gasteiger partial charge in [-0.25, -0.2) is 0 Å². The molecule has 3 nitrogen and oxygen atoms in total. The maximum atomic E-state index is 9.49. The van der Waals surface area contributed by atoms with E-state index in [2.05, 4.69) is 38.1 Å². The van der Waals surface area contributed by atoms with Crippen molar-refractivity contribution in [3.05, 3.63) is 46.5 Å². The van der Waals surface area contributed by atoms with Gasteiger partial charge in [0, 0.05) is 5.54 Å². The minimum atomic E-state index is -0.367. The molecule has 0 spiro atoms. The normalized spacial score (nSPS) is 28.6. The summed E-state index contributed by atoms with van der Waals surface area (Å²) in [4.78, 5) is 0. The van der Waals surface area contributed by atoms with Gasteiger partial charge < -0.3 is 15.6 Å². The van der Waals surface area contributed by atoms with Crippen LogP contribution in [0.3, 0.4) is 0 Å². The highest BCUT2D eigenvalue weighted by Crippen LogP contribution is 2.40. The van der Waals surface area contributed by atoms with Crippen LogP contribution in [0.15, 0.2) is 29.8 Å². The van der Waals surface area contributed by atoms with Crippen LogP contribution < -0.4 is 5.73 Å². The summed E-state index contributed by atoms with van der Waals surface area (Å²) in [6.45, 7) is 5.91. The lowest BCUT2D eigenvalue weighted by atomic mass is 9.82. The molecule has 3 rings (SSSR count). The molecule has 0 radical (unpaired) electrons. The molecule has 2 aliphatic rings. The number of aliphatic hydroxyl groups excluding tert-OH is 1. The summed E-state index contributed by atoms with van der Waals surface area (Å²) >= 11 is 0. The first-order chi connectivity index (χ1) is 12.0. The fraction of sp³-hybridized carbons (Fsp3) is 0.636. The van der Waals surface area contributed by atoms with Crippen LogP contribution in [0.5, 0.6) is 0 Å². The van der Waals surface area contributed by atoms with E-state index >= 15 is 0 Å². The van der Waals surface area contributed by atoms with Gasteiger partial charge in [0.1, 0.15) is 0 Å². The van der Waals surface area contributed by atoms with Crippen molar-refractivity contribution in [1.82, 2.24) is 0 Å². The van der Waals surface area contributed by atoms with E-state index in [1.165, 1.54) is 28.7 Å². The van der Waals surface area contributed by atoms with Gasteiger partial charge in [-0.05, 0) is 80.9 Å². The van der Waals surface area contributed by atoms with Gasteiger partial charge in [-0.2, -0.15) is 0 Å². The monoisotopic (exact) mass is 343 g/mol. The first kappa shape index (κ1) is 18.6. The van der Waals surface area contributed by atoms with Crippen LogP contribution in [0.4, 0.5) is 0 Å². The molecule has 138 valence electrons. The number of allylic oxidation sites excluding steroid dienone is 1. The molecule has 2 aliphatic carbocycles. The largest absolute Gasteiger partial charge is 0.394 e. The van der Waals surface area contributed by atoms with Gasteiger partial charge in [0.15, 0.2) is 0 Å². The predicted octanol–water partition coefficient (Wildman–Crippen LogP) is 3.73. The van der Waals surface area contributed by atoms with Crippen LogP contribution in [0.25, 0.3) is 0 Å². The van der Waals surface area contributed by atoms with Gasteiger partial charge >= 0.3 is 0 Å². The van der Waals surface area contributed by atoms with Crippen molar-refractivity contribution in [3.8, 4) is 0 Å². The van der Waals surface area contributed by atoms with E-state index in [1.807, 2.05) is 0 Å². The molecule has 0 saturated heterocycles. The van der Waals surface area contributed by atoms with Gasteiger partial charge in [0.2, 0.25) is 0 Å². The van der Waals surface area contributed by atoms with Crippen molar-refractivity contribution in [2.45, 2.75) is 63.8 Å². The minimum Gasteiger partial charge on any atom is -0.394 e. The molecule has 0 aliphatic heterocycles. The minimum absolute atomic E-state index is 0.100. The van der Waals surface area contributed by atoms with E-state index in [1.54, 1.807) is 0 Å². The Morgan fingerprint density at radius 3 is 2.88 bits per heavy atom. The zero-order valence-corrected chi connectivity index (χ0v) is 15.8. The van der Waals surface area contributed by atoms with Gasteiger partial charge in [-0.3, -0.25) is 0 Å². The van der Waals surface area contributed by atoms with E-state index in [0.29, 0.717) is 11.8 Å². The maximum Gasteiger partial charge on any atom is 0.0649 e. The highest BCUT2D eigenvalue weighted by Gasteiger charge is 2.36. The molecule has 0 heterocycles. The summed E-state index contributed by atoms with van der Waals surface area (Å²) in [6, 6.07) is 7.02. The summed E-state index contributed by atoms with van der Waals surface area (Å²) < 4.78 is 5.83. The Hall–Kier alpha value is -1.16. The van der Waals surface area contributed by atoms with Crippen molar-refractivity contribution in [1.29, 1.82) is 0 Å². The molecule has 3 atom stereocenters. The topological polar surface area (TPSA) is 55.5 Å². The van der Waals surface area contributed by atoms with E-state index < -0.39 is 0 Å². The number of ether oxygens (including phenoxy) is 1. The number of fused-ring (bicyclic) bond motifs is 1. The van der Waals surface area contributed by atoms with E-state index in [0.717, 1.165) is 45.3 Å². The molecule has 25 heavy (non-hydrogen) atoms. The molecule has 0 aromatic heterocycles. The number of benzene rings is 1. The standard InChI is InChI=1S/C22H33NO2/c1-16(2)8-10-25-14-17-3-4-19-12-20(6-5-18(19)11-17)21-7-9-22(23,13-21)15-24/h5-6,8,12,17,21,24H,3-4,7,9-11,13-15,23H2,1-2H3/t17-,21+,22-/m1/s1. The summed E-state index contributed by atoms with van der Waals surface area (Å²) in [5, 5.41) is 9.49. The van der Waals surface area contributed by atoms with Crippen LogP contribution in [0.1, 0.15) is 62.1 Å². The second kappa shape index (κ2) is 8.03. The second-order valence-corrected chi connectivity index (χ2v) is 8.42. The third kappa shape index (κ3) is 4.72. The fourth-order valence-electron chi connectivity index (χ4n) is 4.29. The Bertz CT molecular complexity index is 620. The second-order valence-electron chi connectivity index (χ2n) is 8.42. The smallest absolute Gasteiger partial charge is 0.0649 e. The third-order valence-electron chi connectivity index (χ3n) is 5.95. The Morgan fingerprint density at radius 2 is 2.16 bits per heavy atom. The van der Waals surface area contributed by atoms with Crippen molar-refractivity contribution in [2.75, 3.05) is 19.8 Å². The molecule has 3 N–H and O–H groups in total. The Balaban J connectivity index is 1.57. The number of aryl methyl sites for hydroxylation is 1. The average Bonchev–Trinajstić information content (AvgIpc) is 3.01. The zero-order chi connectivity index (χ0) is 17.9. The Labute approximate surface area is 152 Å². The van der Waals surface area contributed by atoms with Crippen molar-refractivity contribution in [2.24, 2.45) is 11.7 Å². The van der Waals surface area contributed by atoms with Crippen LogP contribution in [0.2, 0.25) is 0 Å². The number of hydrogen-bond donors (Lipinski definition) is 2. The number of nitrogens with two attached hydrogens (primary N) is 1. The van der Waals surface area contributed by atoms with Crippen LogP contribution in [-0.4, -0.2) is 30.5 Å². The SMILES string of the molecule is CC(C)=CCOC[C@@H]1CCc2cc([C@H]3CC[C@](N)(CO)C3)ccc2C1. The lowest BCUT2D eigenvalue weighted by Crippen LogP contribution is -2.40. The van der Waals surface area contributed by atoms with Gasteiger partial charge in [-0.15, -0.1) is 0 Å². The molecule has 1 fully saturated rings. The molecule has 1 saturated carbocycles. The zero-order valence-electron chi connectivity index (χ0n) is 15.8. The first-order valence-electron chi connectivity index (χ1n) is 9.71. The highest BCUT2D eigenvalue weighted by molar-refractivity contribution is 5.36. The van der Waals surface area contributed by atoms with E-state index in [-0.39, 0.29) is 12.1 Å². The Morgan fingerprint density at radius 1 is 1.32 bits per heavy atom. The highest BCUT2D eigenvalue weighted by atomic mass is 16.5. The van der Waals surface area contributed by atoms with Crippen molar-refractivity contribution < 1.29 is 9.84 Å². The number of aliphatic hydroxyl groups is 1. The molecule has 1 aromatic rings. The van der Waals surface area contributed by atoms with Crippen LogP contribution in [0, 0.1) is 5.92 Å². The van der Waals surface area contributed by atoms with Crippen molar-refractivity contribution in [3.63, 3.8) is 0 Å². The average molecular weight is 344 g/mol. The quantitative estimate of drug-likeness (QED) is 0.611. The lowest BCUT2D eigenvalue weighted by Gasteiger charge is -2.26. The molecule has 0 unspecified atom stereocenters. The lowest BCUT2D eigenvalue weighted by molar-refractivity contribution is 0.116. The van der Waals surface area contributed by atoms with Gasteiger partial charge in [0.25, 0.3) is 0 Å².